The zero-order valence-electron chi connectivity index (χ0n) is 13.3. The van der Waals surface area contributed by atoms with Crippen molar-refractivity contribution in [2.75, 3.05) is 5.32 Å². The van der Waals surface area contributed by atoms with Crippen LogP contribution >= 0.6 is 11.3 Å². The highest BCUT2D eigenvalue weighted by Crippen LogP contribution is 2.20. The summed E-state index contributed by atoms with van der Waals surface area (Å²) in [7, 11) is 0. The number of unbranched alkanes of at least 4 members (excludes halogenated alkanes) is 3. The fourth-order valence-electron chi connectivity index (χ4n) is 2.21. The summed E-state index contributed by atoms with van der Waals surface area (Å²) in [5.41, 5.74) is 0.748. The van der Waals surface area contributed by atoms with Crippen molar-refractivity contribution in [3.63, 3.8) is 0 Å². The molecular weight excluding hydrogens is 309 g/mol. The maximum atomic E-state index is 12.8. The Morgan fingerprint density at radius 1 is 1.13 bits per heavy atom. The lowest BCUT2D eigenvalue weighted by atomic mass is 10.1. The second-order valence-electron chi connectivity index (χ2n) is 5.43. The van der Waals surface area contributed by atoms with E-state index in [0.29, 0.717) is 0 Å². The van der Waals surface area contributed by atoms with Gasteiger partial charge in [-0.05, 0) is 49.2 Å². The average molecular weight is 331 g/mol. The molecule has 0 bridgehead atoms. The molecule has 2 aromatic rings. The number of benzene rings is 1. The van der Waals surface area contributed by atoms with Crippen LogP contribution in [0.3, 0.4) is 0 Å². The third-order valence-corrected chi connectivity index (χ3v) is 4.67. The van der Waals surface area contributed by atoms with Crippen molar-refractivity contribution in [3.8, 4) is 0 Å². The SMILES string of the molecule is CCCCCCc1ccc(C(=O)/C=C\Nc2ccc(F)cc2)s1. The first-order chi connectivity index (χ1) is 11.2. The number of ketones is 1. The van der Waals surface area contributed by atoms with Gasteiger partial charge in [0.05, 0.1) is 4.88 Å². The van der Waals surface area contributed by atoms with Crippen LogP contribution in [-0.2, 0) is 6.42 Å². The van der Waals surface area contributed by atoms with E-state index in [2.05, 4.69) is 12.2 Å². The van der Waals surface area contributed by atoms with Gasteiger partial charge < -0.3 is 5.32 Å². The summed E-state index contributed by atoms with van der Waals surface area (Å²) in [5.74, 6) is -0.287. The van der Waals surface area contributed by atoms with Gasteiger partial charge in [0.1, 0.15) is 5.82 Å². The Hall–Kier alpha value is -1.94. The van der Waals surface area contributed by atoms with Crippen LogP contribution in [0.1, 0.15) is 47.2 Å². The molecule has 23 heavy (non-hydrogen) atoms. The number of hydrogen-bond donors (Lipinski definition) is 1. The van der Waals surface area contributed by atoms with E-state index in [1.165, 1.54) is 48.8 Å². The number of rotatable bonds is 9. The van der Waals surface area contributed by atoms with Crippen LogP contribution in [0, 0.1) is 5.82 Å². The van der Waals surface area contributed by atoms with Crippen molar-refractivity contribution in [3.05, 3.63) is 64.2 Å². The third kappa shape index (κ3) is 5.99. The van der Waals surface area contributed by atoms with Crippen molar-refractivity contribution in [2.24, 2.45) is 0 Å². The van der Waals surface area contributed by atoms with E-state index in [1.54, 1.807) is 29.7 Å². The Balaban J connectivity index is 1.82. The van der Waals surface area contributed by atoms with Crippen molar-refractivity contribution < 1.29 is 9.18 Å². The summed E-state index contributed by atoms with van der Waals surface area (Å²) < 4.78 is 12.8. The first-order valence-corrected chi connectivity index (χ1v) is 8.82. The molecule has 0 spiro atoms. The van der Waals surface area contributed by atoms with Gasteiger partial charge >= 0.3 is 0 Å². The molecule has 0 fully saturated rings. The number of thiophene rings is 1. The Bertz CT molecular complexity index is 646. The molecule has 0 radical (unpaired) electrons. The van der Waals surface area contributed by atoms with E-state index < -0.39 is 0 Å². The van der Waals surface area contributed by atoms with E-state index in [-0.39, 0.29) is 11.6 Å². The molecule has 0 amide bonds. The summed E-state index contributed by atoms with van der Waals surface area (Å²) in [5, 5.41) is 2.96. The van der Waals surface area contributed by atoms with E-state index in [1.807, 2.05) is 12.1 Å². The van der Waals surface area contributed by atoms with Crippen molar-refractivity contribution >= 4 is 22.8 Å². The van der Waals surface area contributed by atoms with Crippen LogP contribution in [0.25, 0.3) is 0 Å². The maximum absolute atomic E-state index is 12.8. The number of halogens is 1. The van der Waals surface area contributed by atoms with Gasteiger partial charge in [-0.15, -0.1) is 11.3 Å². The zero-order valence-corrected chi connectivity index (χ0v) is 14.2. The van der Waals surface area contributed by atoms with Gasteiger partial charge in [0, 0.05) is 22.8 Å². The topological polar surface area (TPSA) is 29.1 Å². The summed E-state index contributed by atoms with van der Waals surface area (Å²) in [6, 6.07) is 9.95. The minimum atomic E-state index is -0.277. The fourth-order valence-corrected chi connectivity index (χ4v) is 3.18. The Morgan fingerprint density at radius 2 is 1.91 bits per heavy atom. The van der Waals surface area contributed by atoms with Gasteiger partial charge in [0.15, 0.2) is 5.78 Å². The monoisotopic (exact) mass is 331 g/mol. The molecule has 0 saturated heterocycles. The molecule has 0 saturated carbocycles. The van der Waals surface area contributed by atoms with Crippen LogP contribution < -0.4 is 5.32 Å². The Morgan fingerprint density at radius 3 is 2.65 bits per heavy atom. The molecule has 0 aliphatic rings. The van der Waals surface area contributed by atoms with Crippen molar-refractivity contribution in [1.29, 1.82) is 0 Å². The summed E-state index contributed by atoms with van der Waals surface area (Å²) in [4.78, 5) is 14.1. The number of aryl methyl sites for hydroxylation is 1. The average Bonchev–Trinajstić information content (AvgIpc) is 3.02. The van der Waals surface area contributed by atoms with Crippen LogP contribution in [0.5, 0.6) is 0 Å². The number of carbonyl (C=O) groups excluding carboxylic acids is 1. The largest absolute Gasteiger partial charge is 0.362 e. The number of allylic oxidation sites excluding steroid dienone is 1. The number of nitrogens with one attached hydrogen (secondary N) is 1. The van der Waals surface area contributed by atoms with Crippen molar-refractivity contribution in [1.82, 2.24) is 0 Å². The van der Waals surface area contributed by atoms with Crippen LogP contribution in [0.4, 0.5) is 10.1 Å². The lowest BCUT2D eigenvalue weighted by Gasteiger charge is -1.99. The van der Waals surface area contributed by atoms with Gasteiger partial charge in [-0.2, -0.15) is 0 Å². The van der Waals surface area contributed by atoms with Gasteiger partial charge in [-0.25, -0.2) is 4.39 Å². The highest BCUT2D eigenvalue weighted by Gasteiger charge is 2.06. The molecule has 2 nitrogen and oxygen atoms in total. The molecular formula is C19H22FNOS. The van der Waals surface area contributed by atoms with Gasteiger partial charge in [0.2, 0.25) is 0 Å². The molecule has 0 atom stereocenters. The van der Waals surface area contributed by atoms with Crippen LogP contribution in [0.2, 0.25) is 0 Å². The standard InChI is InChI=1S/C19H22FNOS/c1-2-3-4-5-6-17-11-12-19(23-17)18(22)13-14-21-16-9-7-15(20)8-10-16/h7-14,21H,2-6H2,1H3/b14-13-. The maximum Gasteiger partial charge on any atom is 0.197 e. The van der Waals surface area contributed by atoms with Gasteiger partial charge in [-0.3, -0.25) is 4.79 Å². The molecule has 122 valence electrons. The molecule has 4 heteroatoms. The highest BCUT2D eigenvalue weighted by molar-refractivity contribution is 7.14. The Kier molecular flexibility index (Phi) is 7.01. The smallest absolute Gasteiger partial charge is 0.197 e. The highest BCUT2D eigenvalue weighted by atomic mass is 32.1. The van der Waals surface area contributed by atoms with Crippen LogP contribution in [-0.4, -0.2) is 5.78 Å². The van der Waals surface area contributed by atoms with Gasteiger partial charge in [0.25, 0.3) is 0 Å². The lowest BCUT2D eigenvalue weighted by Crippen LogP contribution is -1.93. The van der Waals surface area contributed by atoms with E-state index in [9.17, 15) is 9.18 Å². The summed E-state index contributed by atoms with van der Waals surface area (Å²) in [6.45, 7) is 2.20. The second-order valence-corrected chi connectivity index (χ2v) is 6.59. The normalized spacial score (nSPS) is 11.0. The van der Waals surface area contributed by atoms with E-state index in [4.69, 9.17) is 0 Å². The molecule has 1 heterocycles. The quantitative estimate of drug-likeness (QED) is 0.356. The molecule has 1 aromatic carbocycles. The van der Waals surface area contributed by atoms with E-state index >= 15 is 0 Å². The molecule has 1 N–H and O–H groups in total. The molecule has 0 unspecified atom stereocenters. The molecule has 0 aliphatic heterocycles. The zero-order chi connectivity index (χ0) is 16.5. The molecule has 0 aliphatic carbocycles. The summed E-state index contributed by atoms with van der Waals surface area (Å²) >= 11 is 1.57. The van der Waals surface area contributed by atoms with E-state index in [0.717, 1.165) is 17.0 Å². The minimum Gasteiger partial charge on any atom is -0.362 e. The second kappa shape index (κ2) is 9.26. The molecule has 1 aromatic heterocycles. The fraction of sp³-hybridized carbons (Fsp3) is 0.316. The lowest BCUT2D eigenvalue weighted by molar-refractivity contribution is 0.105. The number of carbonyl (C=O) groups is 1. The predicted octanol–water partition coefficient (Wildman–Crippen LogP) is 5.82. The third-order valence-electron chi connectivity index (χ3n) is 3.51. The first-order valence-electron chi connectivity index (χ1n) is 8.00. The minimum absolute atomic E-state index is 0.00980. The van der Waals surface area contributed by atoms with Crippen molar-refractivity contribution in [2.45, 2.75) is 39.0 Å². The number of anilines is 1. The molecule has 2 rings (SSSR count). The Labute approximate surface area is 141 Å². The predicted molar refractivity (Wildman–Crippen MR) is 95.7 cm³/mol. The number of hydrogen-bond acceptors (Lipinski definition) is 3. The van der Waals surface area contributed by atoms with Crippen LogP contribution in [0.15, 0.2) is 48.7 Å². The first kappa shape index (κ1) is 17.4. The summed E-state index contributed by atoms with van der Waals surface area (Å²) in [6.07, 6.45) is 9.10. The van der Waals surface area contributed by atoms with Gasteiger partial charge in [-0.1, -0.05) is 26.2 Å².